The van der Waals surface area contributed by atoms with Crippen LogP contribution in [0.4, 0.5) is 0 Å². The van der Waals surface area contributed by atoms with Crippen LogP contribution in [0.5, 0.6) is 0 Å². The van der Waals surface area contributed by atoms with Gasteiger partial charge in [-0.2, -0.15) is 0 Å². The molecule has 2 aliphatic heterocycles. The summed E-state index contributed by atoms with van der Waals surface area (Å²) in [7, 11) is 0. The van der Waals surface area contributed by atoms with Crippen LogP contribution >= 0.6 is 0 Å². The second-order valence-electron chi connectivity index (χ2n) is 10.0. The van der Waals surface area contributed by atoms with Gasteiger partial charge < -0.3 is 29.5 Å². The number of rotatable bonds is 16. The minimum Gasteiger partial charge on any atom is -0.481 e. The van der Waals surface area contributed by atoms with Gasteiger partial charge in [-0.25, -0.2) is 4.79 Å². The molecule has 0 bridgehead atoms. The van der Waals surface area contributed by atoms with Crippen molar-refractivity contribution in [3.05, 3.63) is 11.6 Å². The Morgan fingerprint density at radius 3 is 2.43 bits per heavy atom. The molecule has 2 heterocycles. The van der Waals surface area contributed by atoms with Gasteiger partial charge in [-0.05, 0) is 39.5 Å². The third-order valence-electron chi connectivity index (χ3n) is 6.89. The maximum Gasteiger partial charge on any atom is 0.330 e. The van der Waals surface area contributed by atoms with Gasteiger partial charge in [0.25, 0.3) is 0 Å². The van der Waals surface area contributed by atoms with Crippen LogP contribution in [0.25, 0.3) is 0 Å². The van der Waals surface area contributed by atoms with E-state index in [2.05, 4.69) is 0 Å². The van der Waals surface area contributed by atoms with E-state index in [-0.39, 0.29) is 43.4 Å². The summed E-state index contributed by atoms with van der Waals surface area (Å²) in [6.45, 7) is 5.88. The predicted molar refractivity (Wildman–Crippen MR) is 128 cm³/mol. The first-order chi connectivity index (χ1) is 16.6. The van der Waals surface area contributed by atoms with Crippen LogP contribution in [0, 0.1) is 11.8 Å². The molecule has 35 heavy (non-hydrogen) atoms. The quantitative estimate of drug-likeness (QED) is 0.127. The fourth-order valence-electron chi connectivity index (χ4n) is 4.43. The van der Waals surface area contributed by atoms with Gasteiger partial charge in [0.05, 0.1) is 37.6 Å². The van der Waals surface area contributed by atoms with Crippen molar-refractivity contribution in [2.75, 3.05) is 13.2 Å². The standard InChI is InChI=1S/C26H42O9/c1-16(13-23(30)33-11-9-7-5-4-6-8-10-22(28)29)12-20-25(32)24(31)19(15-34-20)14-21-26(35-21)17(2)18(3)27/h13,17-21,25-27,32H,4-12,14-15H2,1-3H3,(H,28,29)/b16-13+/t17-,18-,19-,20-,21-,25-,26-/m0/s1. The molecule has 2 rings (SSSR count). The molecule has 0 aromatic rings. The molecule has 0 aromatic carbocycles. The van der Waals surface area contributed by atoms with Gasteiger partial charge in [0.1, 0.15) is 6.10 Å². The fraction of sp³-hybridized carbons (Fsp3) is 0.808. The Labute approximate surface area is 207 Å². The molecule has 9 nitrogen and oxygen atoms in total. The van der Waals surface area contributed by atoms with E-state index in [0.717, 1.165) is 32.1 Å². The van der Waals surface area contributed by atoms with E-state index < -0.39 is 36.2 Å². The summed E-state index contributed by atoms with van der Waals surface area (Å²) in [5.41, 5.74) is 0.667. The summed E-state index contributed by atoms with van der Waals surface area (Å²) < 4.78 is 16.6. The molecule has 2 saturated heterocycles. The Bertz CT molecular complexity index is 732. The van der Waals surface area contributed by atoms with Gasteiger partial charge in [-0.3, -0.25) is 9.59 Å². The molecule has 2 fully saturated rings. The van der Waals surface area contributed by atoms with Crippen molar-refractivity contribution in [2.45, 2.75) is 109 Å². The van der Waals surface area contributed by atoms with Crippen LogP contribution in [0.1, 0.15) is 78.6 Å². The highest BCUT2D eigenvalue weighted by Gasteiger charge is 2.48. The number of aliphatic hydroxyl groups excluding tert-OH is 2. The molecule has 200 valence electrons. The lowest BCUT2D eigenvalue weighted by Crippen LogP contribution is -2.47. The van der Waals surface area contributed by atoms with E-state index in [1.54, 1.807) is 13.8 Å². The van der Waals surface area contributed by atoms with Crippen LogP contribution in [0.2, 0.25) is 0 Å². The van der Waals surface area contributed by atoms with Crippen LogP contribution in [-0.4, -0.2) is 76.8 Å². The van der Waals surface area contributed by atoms with Gasteiger partial charge in [0, 0.05) is 24.3 Å². The maximum atomic E-state index is 12.7. The predicted octanol–water partition coefficient (Wildman–Crippen LogP) is 2.80. The number of carbonyl (C=O) groups excluding carboxylic acids is 2. The highest BCUT2D eigenvalue weighted by Crippen LogP contribution is 2.37. The number of esters is 1. The van der Waals surface area contributed by atoms with Crippen molar-refractivity contribution in [3.63, 3.8) is 0 Å². The Morgan fingerprint density at radius 1 is 1.11 bits per heavy atom. The lowest BCUT2D eigenvalue weighted by molar-refractivity contribution is -0.156. The van der Waals surface area contributed by atoms with E-state index >= 15 is 0 Å². The average Bonchev–Trinajstić information content (AvgIpc) is 3.55. The summed E-state index contributed by atoms with van der Waals surface area (Å²) in [6.07, 6.45) is 4.89. The normalized spacial score (nSPS) is 28.4. The van der Waals surface area contributed by atoms with E-state index in [1.165, 1.54) is 6.08 Å². The molecule has 9 heteroatoms. The smallest absolute Gasteiger partial charge is 0.330 e. The molecule has 7 atom stereocenters. The number of hydrogen-bond donors (Lipinski definition) is 3. The molecular weight excluding hydrogens is 456 g/mol. The summed E-state index contributed by atoms with van der Waals surface area (Å²) in [4.78, 5) is 35.1. The van der Waals surface area contributed by atoms with Gasteiger partial charge in [-0.1, -0.05) is 38.2 Å². The highest BCUT2D eigenvalue weighted by atomic mass is 16.6. The number of ketones is 1. The van der Waals surface area contributed by atoms with Crippen molar-refractivity contribution in [3.8, 4) is 0 Å². The molecule has 0 unspecified atom stereocenters. The first kappa shape index (κ1) is 29.4. The van der Waals surface area contributed by atoms with Crippen LogP contribution in [0.3, 0.4) is 0 Å². The maximum absolute atomic E-state index is 12.7. The molecular formula is C26H42O9. The molecule has 0 radical (unpaired) electrons. The Hall–Kier alpha value is -1.81. The van der Waals surface area contributed by atoms with E-state index in [9.17, 15) is 24.6 Å². The molecule has 0 amide bonds. The number of carboxylic acids is 1. The zero-order valence-electron chi connectivity index (χ0n) is 21.2. The lowest BCUT2D eigenvalue weighted by Gasteiger charge is -2.32. The van der Waals surface area contributed by atoms with Crippen LogP contribution in [-0.2, 0) is 28.6 Å². The van der Waals surface area contributed by atoms with Gasteiger partial charge >= 0.3 is 11.9 Å². The summed E-state index contributed by atoms with van der Waals surface area (Å²) in [5.74, 6) is -1.94. The summed E-state index contributed by atoms with van der Waals surface area (Å²) in [6, 6.07) is 0. The Morgan fingerprint density at radius 2 is 1.77 bits per heavy atom. The minimum atomic E-state index is -1.25. The number of Topliss-reactive ketones (excluding diaryl/α,β-unsaturated/α-hetero) is 1. The van der Waals surface area contributed by atoms with Crippen molar-refractivity contribution < 1.29 is 43.9 Å². The largest absolute Gasteiger partial charge is 0.481 e. The third-order valence-corrected chi connectivity index (χ3v) is 6.89. The molecule has 3 N–H and O–H groups in total. The van der Waals surface area contributed by atoms with Crippen molar-refractivity contribution in [1.82, 2.24) is 0 Å². The van der Waals surface area contributed by atoms with Crippen LogP contribution in [0.15, 0.2) is 11.6 Å². The summed E-state index contributed by atoms with van der Waals surface area (Å²) >= 11 is 0. The number of aliphatic carboxylic acids is 1. The van der Waals surface area contributed by atoms with Crippen LogP contribution < -0.4 is 0 Å². The second-order valence-corrected chi connectivity index (χ2v) is 10.0. The highest BCUT2D eigenvalue weighted by molar-refractivity contribution is 5.87. The first-order valence-corrected chi connectivity index (χ1v) is 12.8. The van der Waals surface area contributed by atoms with Gasteiger partial charge in [-0.15, -0.1) is 0 Å². The van der Waals surface area contributed by atoms with Gasteiger partial charge in [0.15, 0.2) is 5.78 Å². The summed E-state index contributed by atoms with van der Waals surface area (Å²) in [5, 5.41) is 28.7. The van der Waals surface area contributed by atoms with Crippen molar-refractivity contribution >= 4 is 17.7 Å². The number of unbranched alkanes of at least 4 members (excludes halogenated alkanes) is 5. The Balaban J connectivity index is 1.62. The number of carbonyl (C=O) groups is 3. The number of epoxide rings is 1. The zero-order chi connectivity index (χ0) is 26.0. The minimum absolute atomic E-state index is 0.0136. The van der Waals surface area contributed by atoms with E-state index in [1.807, 2.05) is 6.92 Å². The van der Waals surface area contributed by atoms with E-state index in [0.29, 0.717) is 25.0 Å². The lowest BCUT2D eigenvalue weighted by atomic mass is 9.87. The van der Waals surface area contributed by atoms with Crippen molar-refractivity contribution in [1.29, 1.82) is 0 Å². The zero-order valence-corrected chi connectivity index (χ0v) is 21.2. The first-order valence-electron chi connectivity index (χ1n) is 12.8. The third kappa shape index (κ3) is 10.4. The monoisotopic (exact) mass is 498 g/mol. The number of ether oxygens (including phenoxy) is 3. The molecule has 0 saturated carbocycles. The molecule has 0 spiro atoms. The van der Waals surface area contributed by atoms with Gasteiger partial charge in [0.2, 0.25) is 0 Å². The molecule has 0 aromatic heterocycles. The molecule has 2 aliphatic rings. The molecule has 0 aliphatic carbocycles. The number of aliphatic hydroxyl groups is 2. The number of hydrogen-bond acceptors (Lipinski definition) is 8. The van der Waals surface area contributed by atoms with Crippen molar-refractivity contribution in [2.24, 2.45) is 11.8 Å². The number of carboxylic acid groups (broad SMARTS) is 1. The fourth-order valence-corrected chi connectivity index (χ4v) is 4.43. The van der Waals surface area contributed by atoms with E-state index in [4.69, 9.17) is 19.3 Å². The SMILES string of the molecule is C/C(=C\C(=O)OCCCCCCCCC(=O)O)C[C@@H]1OC[C@H](C[C@@H]2O[C@H]2[C@@H](C)[C@H](C)O)C(=O)[C@H]1O. The average molecular weight is 499 g/mol. The topological polar surface area (TPSA) is 143 Å². The second kappa shape index (κ2) is 14.7. The Kier molecular flexibility index (Phi) is 12.3.